The molecular weight excluding hydrogens is 374 g/mol. The van der Waals surface area contributed by atoms with E-state index in [9.17, 15) is 4.39 Å². The first-order chi connectivity index (χ1) is 8.90. The molecule has 0 bridgehead atoms. The van der Waals surface area contributed by atoms with Gasteiger partial charge in [-0.15, -0.1) is 0 Å². The average molecular weight is 390 g/mol. The smallest absolute Gasteiger partial charge is 0.178 e. The molecule has 0 radical (unpaired) electrons. The van der Waals surface area contributed by atoms with Crippen LogP contribution >= 0.6 is 34.8 Å². The van der Waals surface area contributed by atoms with E-state index in [1.54, 1.807) is 6.07 Å². The molecule has 1 fully saturated rings. The minimum atomic E-state index is -0.174. The number of hydrogen-bond acceptors (Lipinski definition) is 1. The van der Waals surface area contributed by atoms with Crippen molar-refractivity contribution >= 4 is 45.8 Å². The lowest BCUT2D eigenvalue weighted by Crippen LogP contribution is -2.21. The zero-order valence-corrected chi connectivity index (χ0v) is 13.9. The Kier molecular flexibility index (Phi) is 3.24. The zero-order chi connectivity index (χ0) is 13.8. The molecule has 1 aromatic heterocycles. The third kappa shape index (κ3) is 2.14. The summed E-state index contributed by atoms with van der Waals surface area (Å²) in [5, 5.41) is 0. The Balaban J connectivity index is 2.26. The Morgan fingerprint density at radius 2 is 2.21 bits per heavy atom. The molecule has 1 unspecified atom stereocenters. The van der Waals surface area contributed by atoms with E-state index in [-0.39, 0.29) is 11.2 Å². The number of rotatable bonds is 1. The highest BCUT2D eigenvalue weighted by Crippen LogP contribution is 2.47. The molecule has 102 valence electrons. The van der Waals surface area contributed by atoms with Crippen molar-refractivity contribution in [2.24, 2.45) is 5.41 Å². The number of fused-ring (bicyclic) bond motifs is 1. The topological polar surface area (TPSA) is 20.7 Å². The molecule has 19 heavy (non-hydrogen) atoms. The van der Waals surface area contributed by atoms with Gasteiger partial charge in [-0.2, -0.15) is 0 Å². The number of aromatic nitrogens is 2. The van der Waals surface area contributed by atoms with E-state index in [4.69, 9.17) is 12.2 Å². The fraction of sp³-hybridized carbons (Fsp3) is 0.500. The summed E-state index contributed by atoms with van der Waals surface area (Å²) in [6.07, 6.45) is 3.51. The summed E-state index contributed by atoms with van der Waals surface area (Å²) in [5.41, 5.74) is 2.04. The van der Waals surface area contributed by atoms with E-state index in [1.165, 1.54) is 12.8 Å². The van der Waals surface area contributed by atoms with Gasteiger partial charge in [-0.05, 0) is 59.1 Å². The van der Waals surface area contributed by atoms with Crippen LogP contribution in [0.3, 0.4) is 0 Å². The van der Waals surface area contributed by atoms with Crippen LogP contribution in [-0.2, 0) is 0 Å². The van der Waals surface area contributed by atoms with E-state index >= 15 is 0 Å². The Labute approximate surface area is 130 Å². The molecule has 0 aliphatic heterocycles. The van der Waals surface area contributed by atoms with Crippen molar-refractivity contribution in [1.82, 2.24) is 9.55 Å². The van der Waals surface area contributed by atoms with E-state index in [0.717, 1.165) is 17.5 Å². The summed E-state index contributed by atoms with van der Waals surface area (Å²) in [7, 11) is 0. The summed E-state index contributed by atoms with van der Waals surface area (Å²) in [6, 6.07) is 3.80. The second kappa shape index (κ2) is 4.55. The normalized spacial score (nSPS) is 22.2. The highest BCUT2D eigenvalue weighted by Gasteiger charge is 2.36. The minimum absolute atomic E-state index is 0.174. The van der Waals surface area contributed by atoms with Crippen molar-refractivity contribution in [3.8, 4) is 0 Å². The third-order valence-electron chi connectivity index (χ3n) is 4.27. The van der Waals surface area contributed by atoms with Gasteiger partial charge in [-0.3, -0.25) is 0 Å². The van der Waals surface area contributed by atoms with Crippen molar-refractivity contribution in [1.29, 1.82) is 0 Å². The van der Waals surface area contributed by atoms with Gasteiger partial charge in [0.25, 0.3) is 0 Å². The largest absolute Gasteiger partial charge is 0.331 e. The Hall–Kier alpha value is -0.430. The molecule has 0 amide bonds. The van der Waals surface area contributed by atoms with Crippen LogP contribution in [0.4, 0.5) is 4.39 Å². The third-order valence-corrected chi connectivity index (χ3v) is 5.40. The first-order valence-electron chi connectivity index (χ1n) is 6.49. The molecule has 1 aliphatic rings. The van der Waals surface area contributed by atoms with Crippen LogP contribution in [0.15, 0.2) is 12.1 Å². The van der Waals surface area contributed by atoms with Gasteiger partial charge in [0.1, 0.15) is 5.82 Å². The number of imidazole rings is 1. The van der Waals surface area contributed by atoms with Crippen molar-refractivity contribution in [2.45, 2.75) is 39.2 Å². The fourth-order valence-electron chi connectivity index (χ4n) is 3.22. The summed E-state index contributed by atoms with van der Waals surface area (Å²) >= 11 is 7.47. The summed E-state index contributed by atoms with van der Waals surface area (Å²) in [6.45, 7) is 4.54. The van der Waals surface area contributed by atoms with Gasteiger partial charge >= 0.3 is 0 Å². The van der Waals surface area contributed by atoms with Gasteiger partial charge in [0.05, 0.1) is 14.6 Å². The molecule has 1 aliphatic carbocycles. The molecule has 5 heteroatoms. The summed E-state index contributed by atoms with van der Waals surface area (Å²) in [4.78, 5) is 3.22. The molecule has 1 N–H and O–H groups in total. The van der Waals surface area contributed by atoms with Gasteiger partial charge in [0.2, 0.25) is 0 Å². The van der Waals surface area contributed by atoms with E-state index < -0.39 is 0 Å². The number of nitrogens with one attached hydrogen (secondary N) is 1. The molecule has 3 rings (SSSR count). The second-order valence-electron chi connectivity index (χ2n) is 5.98. The maximum Gasteiger partial charge on any atom is 0.178 e. The number of aromatic amines is 1. The van der Waals surface area contributed by atoms with Gasteiger partial charge in [0.15, 0.2) is 4.77 Å². The van der Waals surface area contributed by atoms with Gasteiger partial charge < -0.3 is 9.55 Å². The Morgan fingerprint density at radius 1 is 1.47 bits per heavy atom. The van der Waals surface area contributed by atoms with Crippen molar-refractivity contribution < 1.29 is 4.39 Å². The van der Waals surface area contributed by atoms with Crippen molar-refractivity contribution in [2.75, 3.05) is 0 Å². The molecule has 0 spiro atoms. The zero-order valence-electron chi connectivity index (χ0n) is 11.0. The molecule has 2 aromatic rings. The monoisotopic (exact) mass is 390 g/mol. The van der Waals surface area contributed by atoms with Crippen LogP contribution in [0, 0.1) is 19.6 Å². The summed E-state index contributed by atoms with van der Waals surface area (Å²) < 4.78 is 17.3. The maximum absolute atomic E-state index is 13.8. The Morgan fingerprint density at radius 3 is 2.84 bits per heavy atom. The van der Waals surface area contributed by atoms with E-state index in [1.807, 2.05) is 28.7 Å². The number of H-pyrrole nitrogens is 1. The molecule has 2 nitrogen and oxygen atoms in total. The van der Waals surface area contributed by atoms with Crippen LogP contribution in [0.1, 0.15) is 39.2 Å². The van der Waals surface area contributed by atoms with Crippen LogP contribution in [-0.4, -0.2) is 9.55 Å². The average Bonchev–Trinajstić information content (AvgIpc) is 2.79. The predicted octanol–water partition coefficient (Wildman–Crippen LogP) is 5.19. The molecule has 0 saturated heterocycles. The summed E-state index contributed by atoms with van der Waals surface area (Å²) in [5.74, 6) is -0.174. The highest BCUT2D eigenvalue weighted by atomic mass is 127. The molecular formula is C14H16FIN2S. The fourth-order valence-corrected chi connectivity index (χ4v) is 4.02. The minimum Gasteiger partial charge on any atom is -0.331 e. The first kappa shape index (κ1) is 13.5. The van der Waals surface area contributed by atoms with Gasteiger partial charge in [0, 0.05) is 12.1 Å². The second-order valence-corrected chi connectivity index (χ2v) is 7.53. The van der Waals surface area contributed by atoms with Crippen LogP contribution < -0.4 is 0 Å². The molecule has 1 heterocycles. The first-order valence-corrected chi connectivity index (χ1v) is 7.98. The number of hydrogen-bond donors (Lipinski definition) is 1. The lowest BCUT2D eigenvalue weighted by Gasteiger charge is -2.28. The molecule has 1 atom stereocenters. The highest BCUT2D eigenvalue weighted by molar-refractivity contribution is 14.1. The van der Waals surface area contributed by atoms with Crippen molar-refractivity contribution in [3.63, 3.8) is 0 Å². The van der Waals surface area contributed by atoms with Crippen LogP contribution in [0.25, 0.3) is 11.0 Å². The van der Waals surface area contributed by atoms with Crippen LogP contribution in [0.2, 0.25) is 0 Å². The van der Waals surface area contributed by atoms with Crippen molar-refractivity contribution in [3.05, 3.63) is 26.3 Å². The Bertz CT molecular complexity index is 701. The van der Waals surface area contributed by atoms with E-state index in [0.29, 0.717) is 14.4 Å². The van der Waals surface area contributed by atoms with Gasteiger partial charge in [-0.25, -0.2) is 4.39 Å². The maximum atomic E-state index is 13.8. The van der Waals surface area contributed by atoms with Gasteiger partial charge in [-0.1, -0.05) is 20.3 Å². The number of halogens is 2. The van der Waals surface area contributed by atoms with E-state index in [2.05, 4.69) is 23.4 Å². The quantitative estimate of drug-likeness (QED) is 0.525. The lowest BCUT2D eigenvalue weighted by molar-refractivity contribution is 0.263. The molecule has 1 aromatic carbocycles. The SMILES string of the molecule is CC1(C)CCCC1n1c(=S)[nH]c2cc(I)c(F)cc21. The predicted molar refractivity (Wildman–Crippen MR) is 86.5 cm³/mol. The number of nitrogens with zero attached hydrogens (tertiary/aromatic N) is 1. The van der Waals surface area contributed by atoms with Crippen LogP contribution in [0.5, 0.6) is 0 Å². The molecule has 1 saturated carbocycles. The standard InChI is InChI=1S/C14H16FIN2S/c1-14(2)5-3-4-12(14)18-11-6-8(15)9(16)7-10(11)17-13(18)19/h6-7,12H,3-5H2,1-2H3,(H,17,19). The number of benzene rings is 1. The lowest BCUT2D eigenvalue weighted by atomic mass is 9.87.